The fourth-order valence-electron chi connectivity index (χ4n) is 1.75. The molecule has 0 unspecified atom stereocenters. The lowest BCUT2D eigenvalue weighted by Gasteiger charge is -2.20. The van der Waals surface area contributed by atoms with Gasteiger partial charge in [0.25, 0.3) is 0 Å². The zero-order valence-corrected chi connectivity index (χ0v) is 14.6. The van der Waals surface area contributed by atoms with Gasteiger partial charge in [-0.05, 0) is 12.8 Å². The van der Waals surface area contributed by atoms with Crippen molar-refractivity contribution >= 4 is 45.2 Å². The Balaban J connectivity index is 3.40. The zero-order chi connectivity index (χ0) is 11.6. The molecule has 0 amide bonds. The average Bonchev–Trinajstić information content (AvgIpc) is 2.20. The second kappa shape index (κ2) is 10.6. The predicted octanol–water partition coefficient (Wildman–Crippen LogP) is 6.49. The van der Waals surface area contributed by atoms with E-state index in [1.165, 1.54) is 64.2 Å². The summed E-state index contributed by atoms with van der Waals surface area (Å²) < 4.78 is 0.539. The van der Waals surface area contributed by atoms with Crippen molar-refractivity contribution in [2.75, 3.05) is 0 Å². The number of alkyl halides is 2. The molecule has 0 fully saturated rings. The lowest BCUT2D eigenvalue weighted by molar-refractivity contribution is 0.565. The first kappa shape index (κ1) is 16.5. The van der Waals surface area contributed by atoms with Gasteiger partial charge in [0, 0.05) is 0 Å². The Bertz CT molecular complexity index is 118. The molecule has 92 valence electrons. The first-order chi connectivity index (χ1) is 7.12. The van der Waals surface area contributed by atoms with Crippen LogP contribution in [0, 0.1) is 0 Å². The number of rotatable bonds is 10. The largest absolute Gasteiger partial charge is 0.0734 e. The van der Waals surface area contributed by atoms with E-state index in [1.54, 1.807) is 0 Å². The van der Waals surface area contributed by atoms with E-state index in [1.807, 2.05) is 0 Å². The van der Waals surface area contributed by atoms with Crippen LogP contribution in [0.3, 0.4) is 0 Å². The first-order valence-electron chi connectivity index (χ1n) is 6.50. The van der Waals surface area contributed by atoms with Gasteiger partial charge >= 0.3 is 0 Å². The highest BCUT2D eigenvalue weighted by Gasteiger charge is 2.20. The summed E-state index contributed by atoms with van der Waals surface area (Å²) in [5.74, 6) is 0. The quantitative estimate of drug-likeness (QED) is 0.209. The standard InChI is InChI=1S/C13H26I2/c1-3-5-7-9-11-13(14,15)12-10-8-6-4-2/h3-12H2,1-2H3. The Morgan fingerprint density at radius 2 is 1.07 bits per heavy atom. The molecule has 2 heteroatoms. The van der Waals surface area contributed by atoms with Crippen LogP contribution in [0.1, 0.15) is 78.1 Å². The van der Waals surface area contributed by atoms with Crippen molar-refractivity contribution in [1.82, 2.24) is 0 Å². The van der Waals surface area contributed by atoms with E-state index >= 15 is 0 Å². The first-order valence-corrected chi connectivity index (χ1v) is 8.66. The van der Waals surface area contributed by atoms with Gasteiger partial charge in [0.2, 0.25) is 0 Å². The van der Waals surface area contributed by atoms with Gasteiger partial charge < -0.3 is 0 Å². The monoisotopic (exact) mass is 436 g/mol. The summed E-state index contributed by atoms with van der Waals surface area (Å²) in [4.78, 5) is 0. The van der Waals surface area contributed by atoms with E-state index in [-0.39, 0.29) is 0 Å². The van der Waals surface area contributed by atoms with Gasteiger partial charge in [-0.1, -0.05) is 110 Å². The lowest BCUT2D eigenvalue weighted by atomic mass is 10.1. The van der Waals surface area contributed by atoms with E-state index in [2.05, 4.69) is 59.0 Å². The topological polar surface area (TPSA) is 0 Å². The number of halogens is 2. The molecule has 0 aliphatic carbocycles. The zero-order valence-electron chi connectivity index (χ0n) is 10.3. The highest BCUT2D eigenvalue weighted by atomic mass is 127. The minimum Gasteiger partial charge on any atom is -0.0672 e. The molecule has 0 bridgehead atoms. The van der Waals surface area contributed by atoms with Gasteiger partial charge in [0.1, 0.15) is 0 Å². The molecular weight excluding hydrogens is 410 g/mol. The van der Waals surface area contributed by atoms with Crippen LogP contribution in [0.2, 0.25) is 0 Å². The Kier molecular flexibility index (Phi) is 11.6. The van der Waals surface area contributed by atoms with Crippen LogP contribution >= 0.6 is 45.2 Å². The smallest absolute Gasteiger partial charge is 0.0672 e. The molecule has 15 heavy (non-hydrogen) atoms. The maximum atomic E-state index is 2.67. The molecule has 0 saturated heterocycles. The highest BCUT2D eigenvalue weighted by molar-refractivity contribution is 14.2. The van der Waals surface area contributed by atoms with Crippen molar-refractivity contribution in [3.8, 4) is 0 Å². The van der Waals surface area contributed by atoms with Crippen LogP contribution in [-0.2, 0) is 0 Å². The highest BCUT2D eigenvalue weighted by Crippen LogP contribution is 2.38. The van der Waals surface area contributed by atoms with E-state index in [0.29, 0.717) is 1.43 Å². The summed E-state index contributed by atoms with van der Waals surface area (Å²) in [5, 5.41) is 0. The van der Waals surface area contributed by atoms with Crippen LogP contribution in [0.4, 0.5) is 0 Å². The van der Waals surface area contributed by atoms with E-state index in [9.17, 15) is 0 Å². The van der Waals surface area contributed by atoms with Gasteiger partial charge in [0.15, 0.2) is 0 Å². The molecule has 0 aromatic heterocycles. The molecule has 0 nitrogen and oxygen atoms in total. The van der Waals surface area contributed by atoms with Gasteiger partial charge in [-0.3, -0.25) is 0 Å². The molecule has 0 radical (unpaired) electrons. The van der Waals surface area contributed by atoms with Crippen LogP contribution in [0.25, 0.3) is 0 Å². The summed E-state index contributed by atoms with van der Waals surface area (Å²) in [5.41, 5.74) is 0. The fraction of sp³-hybridized carbons (Fsp3) is 1.00. The Morgan fingerprint density at radius 3 is 1.40 bits per heavy atom. The van der Waals surface area contributed by atoms with Crippen molar-refractivity contribution in [3.63, 3.8) is 0 Å². The Labute approximate surface area is 124 Å². The second-order valence-corrected chi connectivity index (χ2v) is 10.7. The molecule has 0 atom stereocenters. The number of hydrogen-bond donors (Lipinski definition) is 0. The fourth-order valence-corrected chi connectivity index (χ4v) is 3.27. The van der Waals surface area contributed by atoms with Crippen molar-refractivity contribution < 1.29 is 0 Å². The second-order valence-electron chi connectivity index (χ2n) is 4.48. The predicted molar refractivity (Wildman–Crippen MR) is 88.3 cm³/mol. The molecule has 0 aromatic carbocycles. The van der Waals surface area contributed by atoms with Crippen LogP contribution in [0.5, 0.6) is 0 Å². The third-order valence-electron chi connectivity index (χ3n) is 2.79. The number of unbranched alkanes of at least 4 members (excludes halogenated alkanes) is 6. The van der Waals surface area contributed by atoms with Crippen molar-refractivity contribution in [3.05, 3.63) is 0 Å². The summed E-state index contributed by atoms with van der Waals surface area (Å²) >= 11 is 5.33. The molecule has 0 aromatic rings. The molecule has 0 saturated carbocycles. The maximum Gasteiger partial charge on any atom is 0.0734 e. The summed E-state index contributed by atoms with van der Waals surface area (Å²) in [6, 6.07) is 0. The molecule has 0 spiro atoms. The Morgan fingerprint density at radius 1 is 0.667 bits per heavy atom. The van der Waals surface area contributed by atoms with Gasteiger partial charge in [-0.15, -0.1) is 0 Å². The molecule has 0 heterocycles. The minimum absolute atomic E-state index is 0.539. The molecule has 0 rings (SSSR count). The van der Waals surface area contributed by atoms with Crippen molar-refractivity contribution in [2.24, 2.45) is 0 Å². The van der Waals surface area contributed by atoms with Gasteiger partial charge in [-0.25, -0.2) is 0 Å². The van der Waals surface area contributed by atoms with E-state index in [0.717, 1.165) is 0 Å². The maximum absolute atomic E-state index is 2.67. The van der Waals surface area contributed by atoms with Crippen LogP contribution < -0.4 is 0 Å². The minimum atomic E-state index is 0.539. The summed E-state index contributed by atoms with van der Waals surface area (Å²) in [6.07, 6.45) is 14.1. The molecule has 0 N–H and O–H groups in total. The SMILES string of the molecule is CCCCCCC(I)(I)CCCCCC. The molecule has 0 aliphatic rings. The lowest BCUT2D eigenvalue weighted by Crippen LogP contribution is -2.10. The Hall–Kier alpha value is 1.46. The van der Waals surface area contributed by atoms with Gasteiger partial charge in [0.05, 0.1) is 1.43 Å². The molecular formula is C13H26I2. The third-order valence-corrected chi connectivity index (χ3v) is 4.95. The third kappa shape index (κ3) is 11.7. The van der Waals surface area contributed by atoms with Crippen LogP contribution in [0.15, 0.2) is 0 Å². The van der Waals surface area contributed by atoms with E-state index < -0.39 is 0 Å². The van der Waals surface area contributed by atoms with Crippen molar-refractivity contribution in [1.29, 1.82) is 0 Å². The average molecular weight is 436 g/mol. The van der Waals surface area contributed by atoms with Crippen molar-refractivity contribution in [2.45, 2.75) is 79.5 Å². The normalized spacial score (nSPS) is 12.0. The van der Waals surface area contributed by atoms with E-state index in [4.69, 9.17) is 0 Å². The molecule has 0 aliphatic heterocycles. The summed E-state index contributed by atoms with van der Waals surface area (Å²) in [7, 11) is 0. The number of hydrogen-bond acceptors (Lipinski definition) is 0. The van der Waals surface area contributed by atoms with Gasteiger partial charge in [-0.2, -0.15) is 0 Å². The summed E-state index contributed by atoms with van der Waals surface area (Å²) in [6.45, 7) is 4.57. The van der Waals surface area contributed by atoms with Crippen LogP contribution in [-0.4, -0.2) is 1.43 Å².